The molecule has 0 aliphatic carbocycles. The number of nitrogens with zero attached hydrogens (tertiary/aromatic N) is 1. The van der Waals surface area contributed by atoms with Gasteiger partial charge >= 0.3 is 0 Å². The van der Waals surface area contributed by atoms with Gasteiger partial charge in [-0.2, -0.15) is 0 Å². The highest BCUT2D eigenvalue weighted by atomic mass is 35.5. The highest BCUT2D eigenvalue weighted by Crippen LogP contribution is 2.30. The highest BCUT2D eigenvalue weighted by molar-refractivity contribution is 5.85. The first-order chi connectivity index (χ1) is 10.7. The number of benzene rings is 1. The summed E-state index contributed by atoms with van der Waals surface area (Å²) in [5.74, 6) is 1.86. The Morgan fingerprint density at radius 3 is 2.65 bits per heavy atom. The first kappa shape index (κ1) is 18.6. The van der Waals surface area contributed by atoms with Gasteiger partial charge in [-0.3, -0.25) is 0 Å². The van der Waals surface area contributed by atoms with Crippen molar-refractivity contribution >= 4 is 12.4 Å². The Morgan fingerprint density at radius 2 is 2.00 bits per heavy atom. The maximum atomic E-state index is 5.49. The van der Waals surface area contributed by atoms with Crippen molar-refractivity contribution in [3.63, 3.8) is 0 Å². The zero-order valence-corrected chi connectivity index (χ0v) is 15.3. The van der Waals surface area contributed by atoms with E-state index in [4.69, 9.17) is 4.74 Å². The average Bonchev–Trinajstić information content (AvgIpc) is 2.96. The fraction of sp³-hybridized carbons (Fsp3) is 0.684. The van der Waals surface area contributed by atoms with Crippen LogP contribution in [-0.2, 0) is 6.42 Å². The van der Waals surface area contributed by atoms with Gasteiger partial charge < -0.3 is 15.0 Å². The SMILES string of the molecule is COc1ccccc1CC1CCN(CC2(C)CCNC2)CC1.Cl. The Morgan fingerprint density at radius 1 is 1.26 bits per heavy atom. The summed E-state index contributed by atoms with van der Waals surface area (Å²) in [7, 11) is 1.78. The molecule has 0 amide bonds. The summed E-state index contributed by atoms with van der Waals surface area (Å²) in [6.07, 6.45) is 5.13. The van der Waals surface area contributed by atoms with Crippen LogP contribution in [0.25, 0.3) is 0 Å². The molecule has 2 aliphatic rings. The molecule has 0 aromatic heterocycles. The molecule has 0 spiro atoms. The van der Waals surface area contributed by atoms with Gasteiger partial charge in [-0.25, -0.2) is 0 Å². The minimum absolute atomic E-state index is 0. The van der Waals surface area contributed by atoms with E-state index in [1.807, 2.05) is 0 Å². The number of hydrogen-bond donors (Lipinski definition) is 1. The summed E-state index contributed by atoms with van der Waals surface area (Å²) in [6.45, 7) is 8.61. The van der Waals surface area contributed by atoms with Crippen LogP contribution in [-0.4, -0.2) is 44.7 Å². The first-order valence-corrected chi connectivity index (χ1v) is 8.73. The van der Waals surface area contributed by atoms with Crippen molar-refractivity contribution in [2.45, 2.75) is 32.6 Å². The topological polar surface area (TPSA) is 24.5 Å². The van der Waals surface area contributed by atoms with Crippen LogP contribution in [0.2, 0.25) is 0 Å². The van der Waals surface area contributed by atoms with Crippen LogP contribution in [0.3, 0.4) is 0 Å². The number of nitrogens with one attached hydrogen (secondary N) is 1. The fourth-order valence-corrected chi connectivity index (χ4v) is 4.07. The lowest BCUT2D eigenvalue weighted by Crippen LogP contribution is -2.42. The summed E-state index contributed by atoms with van der Waals surface area (Å²) < 4.78 is 5.49. The molecular weight excluding hydrogens is 308 g/mol. The Bertz CT molecular complexity index is 480. The molecule has 4 heteroatoms. The number of hydrogen-bond acceptors (Lipinski definition) is 3. The van der Waals surface area contributed by atoms with E-state index in [-0.39, 0.29) is 12.4 Å². The van der Waals surface area contributed by atoms with Crippen molar-refractivity contribution in [3.05, 3.63) is 29.8 Å². The van der Waals surface area contributed by atoms with Crippen molar-refractivity contribution in [1.29, 1.82) is 0 Å². The Balaban J connectivity index is 0.00000192. The van der Waals surface area contributed by atoms with Crippen molar-refractivity contribution in [1.82, 2.24) is 10.2 Å². The molecule has 0 bridgehead atoms. The van der Waals surface area contributed by atoms with E-state index >= 15 is 0 Å². The third kappa shape index (κ3) is 4.85. The molecule has 1 unspecified atom stereocenters. The Kier molecular flexibility index (Phi) is 6.75. The van der Waals surface area contributed by atoms with E-state index in [1.54, 1.807) is 7.11 Å². The van der Waals surface area contributed by atoms with Gasteiger partial charge in [0, 0.05) is 13.1 Å². The van der Waals surface area contributed by atoms with Crippen LogP contribution in [0.1, 0.15) is 31.7 Å². The van der Waals surface area contributed by atoms with Gasteiger partial charge in [-0.05, 0) is 68.3 Å². The Labute approximate surface area is 147 Å². The molecule has 0 radical (unpaired) electrons. The third-order valence-corrected chi connectivity index (χ3v) is 5.47. The number of piperidine rings is 1. The highest BCUT2D eigenvalue weighted by Gasteiger charge is 2.32. The molecule has 1 atom stereocenters. The van der Waals surface area contributed by atoms with Gasteiger partial charge in [0.05, 0.1) is 7.11 Å². The molecule has 2 fully saturated rings. The maximum Gasteiger partial charge on any atom is 0.122 e. The van der Waals surface area contributed by atoms with Gasteiger partial charge in [-0.15, -0.1) is 12.4 Å². The van der Waals surface area contributed by atoms with Gasteiger partial charge in [0.15, 0.2) is 0 Å². The van der Waals surface area contributed by atoms with Crippen LogP contribution in [0.15, 0.2) is 24.3 Å². The molecule has 23 heavy (non-hydrogen) atoms. The molecule has 3 nitrogen and oxygen atoms in total. The summed E-state index contributed by atoms with van der Waals surface area (Å²) in [5, 5.41) is 3.52. The van der Waals surface area contributed by atoms with Gasteiger partial charge in [0.2, 0.25) is 0 Å². The first-order valence-electron chi connectivity index (χ1n) is 8.73. The maximum absolute atomic E-state index is 5.49. The zero-order chi connectivity index (χ0) is 15.4. The standard InChI is InChI=1S/C19H30N2O.ClH/c1-19(9-10-20-14-19)15-21-11-7-16(8-12-21)13-17-5-3-4-6-18(17)22-2;/h3-6,16,20H,7-15H2,1-2H3;1H. The van der Waals surface area contributed by atoms with Crippen LogP contribution in [0, 0.1) is 11.3 Å². The molecule has 2 aliphatic heterocycles. The molecule has 1 aromatic rings. The zero-order valence-electron chi connectivity index (χ0n) is 14.5. The lowest BCUT2D eigenvalue weighted by atomic mass is 9.86. The number of para-hydroxylation sites is 1. The normalized spacial score (nSPS) is 26.0. The van der Waals surface area contributed by atoms with Crippen LogP contribution in [0.5, 0.6) is 5.75 Å². The predicted octanol–water partition coefficient (Wildman–Crippen LogP) is 3.37. The molecule has 3 rings (SSSR count). The lowest BCUT2D eigenvalue weighted by Gasteiger charge is -2.37. The van der Waals surface area contributed by atoms with E-state index in [9.17, 15) is 0 Å². The van der Waals surface area contributed by atoms with E-state index < -0.39 is 0 Å². The summed E-state index contributed by atoms with van der Waals surface area (Å²) in [6, 6.07) is 8.48. The number of ether oxygens (including phenoxy) is 1. The van der Waals surface area contributed by atoms with E-state index in [0.29, 0.717) is 5.41 Å². The van der Waals surface area contributed by atoms with E-state index in [0.717, 1.165) is 18.1 Å². The number of halogens is 1. The number of likely N-dealkylation sites (tertiary alicyclic amines) is 1. The van der Waals surface area contributed by atoms with E-state index in [2.05, 4.69) is 41.4 Å². The van der Waals surface area contributed by atoms with Crippen LogP contribution >= 0.6 is 12.4 Å². The van der Waals surface area contributed by atoms with Gasteiger partial charge in [0.1, 0.15) is 5.75 Å². The second-order valence-corrected chi connectivity index (χ2v) is 7.47. The summed E-state index contributed by atoms with van der Waals surface area (Å²) in [5.41, 5.74) is 1.87. The molecule has 0 saturated carbocycles. The van der Waals surface area contributed by atoms with Crippen molar-refractivity contribution in [3.8, 4) is 5.75 Å². The quantitative estimate of drug-likeness (QED) is 0.890. The van der Waals surface area contributed by atoms with Crippen LogP contribution < -0.4 is 10.1 Å². The molecule has 1 aromatic carbocycles. The molecule has 2 saturated heterocycles. The predicted molar refractivity (Wildman–Crippen MR) is 98.7 cm³/mol. The molecule has 130 valence electrons. The second kappa shape index (κ2) is 8.36. The molecule has 1 N–H and O–H groups in total. The van der Waals surface area contributed by atoms with Crippen molar-refractivity contribution in [2.24, 2.45) is 11.3 Å². The lowest BCUT2D eigenvalue weighted by molar-refractivity contribution is 0.128. The van der Waals surface area contributed by atoms with Crippen molar-refractivity contribution < 1.29 is 4.74 Å². The molecule has 2 heterocycles. The monoisotopic (exact) mass is 338 g/mol. The van der Waals surface area contributed by atoms with Crippen LogP contribution in [0.4, 0.5) is 0 Å². The summed E-state index contributed by atoms with van der Waals surface area (Å²) in [4.78, 5) is 2.69. The largest absolute Gasteiger partial charge is 0.496 e. The second-order valence-electron chi connectivity index (χ2n) is 7.47. The minimum Gasteiger partial charge on any atom is -0.496 e. The van der Waals surface area contributed by atoms with Crippen molar-refractivity contribution in [2.75, 3.05) is 39.8 Å². The van der Waals surface area contributed by atoms with E-state index in [1.165, 1.54) is 57.5 Å². The number of rotatable bonds is 5. The number of methoxy groups -OCH3 is 1. The fourth-order valence-electron chi connectivity index (χ4n) is 4.07. The average molecular weight is 339 g/mol. The van der Waals surface area contributed by atoms with Gasteiger partial charge in [0.25, 0.3) is 0 Å². The molecular formula is C19H31ClN2O. The smallest absolute Gasteiger partial charge is 0.122 e. The Hall–Kier alpha value is -0.770. The van der Waals surface area contributed by atoms with Gasteiger partial charge in [-0.1, -0.05) is 25.1 Å². The third-order valence-electron chi connectivity index (χ3n) is 5.47. The summed E-state index contributed by atoms with van der Waals surface area (Å²) >= 11 is 0. The minimum atomic E-state index is 0.